The number of aliphatic hydroxyl groups excluding tert-OH is 1. The zero-order valence-electron chi connectivity index (χ0n) is 11.4. The molecule has 4 nitrogen and oxygen atoms in total. The van der Waals surface area contributed by atoms with Crippen LogP contribution < -0.4 is 5.32 Å². The number of benzene rings is 1. The molecule has 0 radical (unpaired) electrons. The third-order valence-electron chi connectivity index (χ3n) is 4.23. The van der Waals surface area contributed by atoms with Crippen LogP contribution in [0.25, 0.3) is 10.9 Å². The number of hydrogen-bond donors (Lipinski definition) is 2. The van der Waals surface area contributed by atoms with Crippen LogP contribution in [0.1, 0.15) is 25.0 Å². The Morgan fingerprint density at radius 2 is 2.16 bits per heavy atom. The van der Waals surface area contributed by atoms with Crippen molar-refractivity contribution in [1.82, 2.24) is 15.1 Å². The van der Waals surface area contributed by atoms with Gasteiger partial charge in [-0.2, -0.15) is 5.10 Å². The zero-order chi connectivity index (χ0) is 13.3. The van der Waals surface area contributed by atoms with E-state index in [0.717, 1.165) is 25.2 Å². The molecule has 1 aromatic carbocycles. The summed E-state index contributed by atoms with van der Waals surface area (Å²) in [6.07, 6.45) is 3.40. The first-order valence-corrected chi connectivity index (χ1v) is 6.96. The van der Waals surface area contributed by atoms with Crippen molar-refractivity contribution in [3.63, 3.8) is 0 Å². The summed E-state index contributed by atoms with van der Waals surface area (Å²) in [6.45, 7) is 2.08. The number of aliphatic hydroxyl groups is 1. The molecule has 0 bridgehead atoms. The SMILES string of the molecule is Cn1nc(CNCC2(CCO)CC2)c2ccccc21. The summed E-state index contributed by atoms with van der Waals surface area (Å²) in [4.78, 5) is 0. The molecule has 1 fully saturated rings. The van der Waals surface area contributed by atoms with Gasteiger partial charge in [-0.15, -0.1) is 0 Å². The van der Waals surface area contributed by atoms with Gasteiger partial charge in [-0.3, -0.25) is 4.68 Å². The first kappa shape index (κ1) is 12.6. The Bertz CT molecular complexity index is 572. The molecule has 1 saturated carbocycles. The average Bonchev–Trinajstić information content (AvgIpc) is 3.10. The monoisotopic (exact) mass is 259 g/mol. The van der Waals surface area contributed by atoms with E-state index in [2.05, 4.69) is 28.6 Å². The van der Waals surface area contributed by atoms with Crippen molar-refractivity contribution in [3.8, 4) is 0 Å². The van der Waals surface area contributed by atoms with Gasteiger partial charge in [0.05, 0.1) is 11.2 Å². The molecule has 1 aliphatic carbocycles. The van der Waals surface area contributed by atoms with Crippen LogP contribution in [0, 0.1) is 5.41 Å². The van der Waals surface area contributed by atoms with E-state index < -0.39 is 0 Å². The molecule has 1 heterocycles. The maximum absolute atomic E-state index is 9.06. The highest BCUT2D eigenvalue weighted by Gasteiger charge is 2.41. The Morgan fingerprint density at radius 1 is 1.37 bits per heavy atom. The van der Waals surface area contributed by atoms with Gasteiger partial charge in [0.15, 0.2) is 0 Å². The molecule has 3 rings (SSSR count). The highest BCUT2D eigenvalue weighted by molar-refractivity contribution is 5.81. The number of nitrogens with zero attached hydrogens (tertiary/aromatic N) is 2. The van der Waals surface area contributed by atoms with Crippen LogP contribution in [0.5, 0.6) is 0 Å². The Kier molecular flexibility index (Phi) is 3.29. The summed E-state index contributed by atoms with van der Waals surface area (Å²) in [5, 5.41) is 18.4. The molecule has 102 valence electrons. The molecule has 4 heteroatoms. The minimum absolute atomic E-state index is 0.300. The lowest BCUT2D eigenvalue weighted by Crippen LogP contribution is -2.24. The summed E-state index contributed by atoms with van der Waals surface area (Å²) >= 11 is 0. The van der Waals surface area contributed by atoms with Gasteiger partial charge in [-0.1, -0.05) is 18.2 Å². The largest absolute Gasteiger partial charge is 0.396 e. The number of aryl methyl sites for hydroxylation is 1. The van der Waals surface area contributed by atoms with Crippen molar-refractivity contribution in [2.75, 3.05) is 13.2 Å². The van der Waals surface area contributed by atoms with Crippen molar-refractivity contribution in [2.45, 2.75) is 25.8 Å². The average molecular weight is 259 g/mol. The molecule has 2 aromatic rings. The third kappa shape index (κ3) is 2.51. The van der Waals surface area contributed by atoms with Crippen molar-refractivity contribution in [1.29, 1.82) is 0 Å². The molecule has 0 spiro atoms. The molecule has 0 saturated heterocycles. The fourth-order valence-corrected chi connectivity index (χ4v) is 2.79. The van der Waals surface area contributed by atoms with Crippen molar-refractivity contribution in [2.24, 2.45) is 12.5 Å². The van der Waals surface area contributed by atoms with E-state index in [0.29, 0.717) is 12.0 Å². The molecule has 2 N–H and O–H groups in total. The zero-order valence-corrected chi connectivity index (χ0v) is 11.4. The fourth-order valence-electron chi connectivity index (χ4n) is 2.79. The number of nitrogens with one attached hydrogen (secondary N) is 1. The minimum atomic E-state index is 0.300. The second-order valence-corrected chi connectivity index (χ2v) is 5.66. The molecule has 0 aliphatic heterocycles. The minimum Gasteiger partial charge on any atom is -0.396 e. The molecule has 0 amide bonds. The van der Waals surface area contributed by atoms with Crippen molar-refractivity contribution >= 4 is 10.9 Å². The fraction of sp³-hybridized carbons (Fsp3) is 0.533. The molecular formula is C15H21N3O. The molecule has 1 aromatic heterocycles. The predicted octanol–water partition coefficient (Wildman–Crippen LogP) is 1.83. The standard InChI is InChI=1S/C15H21N3O/c1-18-14-5-3-2-4-12(14)13(17-18)10-16-11-15(6-7-15)8-9-19/h2-5,16,19H,6-11H2,1H3. The second kappa shape index (κ2) is 4.94. The molecular weight excluding hydrogens is 238 g/mol. The van der Waals surface area contributed by atoms with Crippen molar-refractivity contribution < 1.29 is 5.11 Å². The van der Waals surface area contributed by atoms with Gasteiger partial charge in [0, 0.05) is 32.1 Å². The topological polar surface area (TPSA) is 50.1 Å². The molecule has 0 unspecified atom stereocenters. The summed E-state index contributed by atoms with van der Waals surface area (Å²) in [5.41, 5.74) is 2.65. The number of hydrogen-bond acceptors (Lipinski definition) is 3. The Morgan fingerprint density at radius 3 is 2.89 bits per heavy atom. The van der Waals surface area contributed by atoms with E-state index in [1.54, 1.807) is 0 Å². The van der Waals surface area contributed by atoms with E-state index in [9.17, 15) is 0 Å². The lowest BCUT2D eigenvalue weighted by molar-refractivity contribution is 0.245. The van der Waals surface area contributed by atoms with Crippen LogP contribution in [-0.4, -0.2) is 28.0 Å². The van der Waals surface area contributed by atoms with Gasteiger partial charge in [-0.05, 0) is 30.7 Å². The van der Waals surface area contributed by atoms with E-state index in [-0.39, 0.29) is 0 Å². The van der Waals surface area contributed by atoms with E-state index >= 15 is 0 Å². The van der Waals surface area contributed by atoms with Crippen LogP contribution in [0.3, 0.4) is 0 Å². The first-order chi connectivity index (χ1) is 9.24. The van der Waals surface area contributed by atoms with Gasteiger partial charge in [0.1, 0.15) is 0 Å². The van der Waals surface area contributed by atoms with Crippen molar-refractivity contribution in [3.05, 3.63) is 30.0 Å². The third-order valence-corrected chi connectivity index (χ3v) is 4.23. The van der Waals surface area contributed by atoms with E-state index in [1.165, 1.54) is 23.7 Å². The lowest BCUT2D eigenvalue weighted by atomic mass is 10.0. The maximum Gasteiger partial charge on any atom is 0.0841 e. The van der Waals surface area contributed by atoms with Crippen LogP contribution >= 0.6 is 0 Å². The number of rotatable bonds is 6. The maximum atomic E-state index is 9.06. The quantitative estimate of drug-likeness (QED) is 0.832. The van der Waals surface area contributed by atoms with Gasteiger partial charge in [0.2, 0.25) is 0 Å². The van der Waals surface area contributed by atoms with Crippen LogP contribution in [0.2, 0.25) is 0 Å². The smallest absolute Gasteiger partial charge is 0.0841 e. The molecule has 19 heavy (non-hydrogen) atoms. The predicted molar refractivity (Wildman–Crippen MR) is 75.8 cm³/mol. The molecule has 0 atom stereocenters. The summed E-state index contributed by atoms with van der Waals surface area (Å²) in [7, 11) is 1.99. The van der Waals surface area contributed by atoms with Gasteiger partial charge < -0.3 is 10.4 Å². The van der Waals surface area contributed by atoms with Gasteiger partial charge in [-0.25, -0.2) is 0 Å². The lowest BCUT2D eigenvalue weighted by Gasteiger charge is -2.13. The molecule has 1 aliphatic rings. The van der Waals surface area contributed by atoms with E-state index in [4.69, 9.17) is 5.11 Å². The van der Waals surface area contributed by atoms with Crippen LogP contribution in [0.15, 0.2) is 24.3 Å². The Hall–Kier alpha value is -1.39. The second-order valence-electron chi connectivity index (χ2n) is 5.66. The van der Waals surface area contributed by atoms with Gasteiger partial charge >= 0.3 is 0 Å². The first-order valence-electron chi connectivity index (χ1n) is 6.96. The summed E-state index contributed by atoms with van der Waals surface area (Å²) in [5.74, 6) is 0. The van der Waals surface area contributed by atoms with Crippen LogP contribution in [-0.2, 0) is 13.6 Å². The Labute approximate surface area is 113 Å². The highest BCUT2D eigenvalue weighted by atomic mass is 16.3. The normalized spacial score (nSPS) is 16.9. The Balaban J connectivity index is 1.66. The summed E-state index contributed by atoms with van der Waals surface area (Å²) < 4.78 is 1.94. The highest BCUT2D eigenvalue weighted by Crippen LogP contribution is 2.47. The number of aromatic nitrogens is 2. The number of para-hydroxylation sites is 1. The van der Waals surface area contributed by atoms with Gasteiger partial charge in [0.25, 0.3) is 0 Å². The van der Waals surface area contributed by atoms with Crippen LogP contribution in [0.4, 0.5) is 0 Å². The summed E-state index contributed by atoms with van der Waals surface area (Å²) in [6, 6.07) is 8.32. The van der Waals surface area contributed by atoms with E-state index in [1.807, 2.05) is 17.8 Å². The number of fused-ring (bicyclic) bond motifs is 1.